The molecule has 0 amide bonds. The van der Waals surface area contributed by atoms with E-state index in [9.17, 15) is 9.59 Å². The van der Waals surface area contributed by atoms with Crippen LogP contribution in [0.15, 0.2) is 48.5 Å². The Bertz CT molecular complexity index is 696. The van der Waals surface area contributed by atoms with Gasteiger partial charge >= 0.3 is 0 Å². The van der Waals surface area contributed by atoms with Gasteiger partial charge in [0.15, 0.2) is 11.6 Å². The molecule has 2 aromatic carbocycles. The number of carbonyl (C=O) groups is 2. The highest BCUT2D eigenvalue weighted by Gasteiger charge is 2.07. The van der Waals surface area contributed by atoms with Crippen LogP contribution in [0.2, 0.25) is 0 Å². The number of carbonyl (C=O) groups excluding carboxylic acids is 2. The van der Waals surface area contributed by atoms with Crippen LogP contribution < -0.4 is 0 Å². The number of benzene rings is 2. The van der Waals surface area contributed by atoms with Crippen molar-refractivity contribution in [3.8, 4) is 0 Å². The summed E-state index contributed by atoms with van der Waals surface area (Å²) in [6.07, 6.45) is 8.50. The molecule has 0 bridgehead atoms. The Kier molecular flexibility index (Phi) is 8.27. The number of aryl methyl sites for hydroxylation is 2. The summed E-state index contributed by atoms with van der Waals surface area (Å²) in [5, 5.41) is 0. The van der Waals surface area contributed by atoms with Gasteiger partial charge in [0, 0.05) is 17.5 Å². The fraction of sp³-hybridized carbons (Fsp3) is 0.417. The lowest BCUT2D eigenvalue weighted by Crippen LogP contribution is -2.01. The Morgan fingerprint density at radius 2 is 1.19 bits per heavy atom. The Balaban J connectivity index is 1.70. The van der Waals surface area contributed by atoms with Crippen LogP contribution in [0.25, 0.3) is 0 Å². The number of ketones is 2. The highest BCUT2D eigenvalue weighted by molar-refractivity contribution is 5.98. The van der Waals surface area contributed by atoms with Crippen LogP contribution in [-0.2, 0) is 12.8 Å². The van der Waals surface area contributed by atoms with E-state index in [-0.39, 0.29) is 11.6 Å². The Morgan fingerprint density at radius 1 is 0.692 bits per heavy atom. The molecule has 0 unspecified atom stereocenters. The van der Waals surface area contributed by atoms with E-state index in [0.717, 1.165) is 19.3 Å². The fourth-order valence-electron chi connectivity index (χ4n) is 3.10. The first-order chi connectivity index (χ1) is 12.6. The van der Waals surface area contributed by atoms with Crippen molar-refractivity contribution in [2.75, 3.05) is 0 Å². The van der Waals surface area contributed by atoms with Crippen molar-refractivity contribution in [2.24, 2.45) is 0 Å². The van der Waals surface area contributed by atoms with Gasteiger partial charge < -0.3 is 0 Å². The number of unbranched alkanes of at least 4 members (excludes halogenated alkanes) is 3. The summed E-state index contributed by atoms with van der Waals surface area (Å²) in [6.45, 7) is 3.77. The third-order valence-corrected chi connectivity index (χ3v) is 4.82. The minimum absolute atomic E-state index is 0.0281. The molecule has 2 heteroatoms. The summed E-state index contributed by atoms with van der Waals surface area (Å²) in [7, 11) is 0. The maximum atomic E-state index is 12.2. The summed E-state index contributed by atoms with van der Waals surface area (Å²) in [5.41, 5.74) is 4.13. The second-order valence-electron chi connectivity index (χ2n) is 7.04. The zero-order valence-electron chi connectivity index (χ0n) is 16.1. The minimum Gasteiger partial charge on any atom is -0.295 e. The van der Waals surface area contributed by atoms with Gasteiger partial charge in [-0.2, -0.15) is 0 Å². The molecule has 0 saturated heterocycles. The lowest BCUT2D eigenvalue weighted by Gasteiger charge is -2.05. The summed E-state index contributed by atoms with van der Waals surface area (Å²) >= 11 is 0. The zero-order valence-corrected chi connectivity index (χ0v) is 16.1. The van der Waals surface area contributed by atoms with Gasteiger partial charge in [0.05, 0.1) is 0 Å². The lowest BCUT2D eigenvalue weighted by molar-refractivity contribution is 0.0975. The fourth-order valence-corrected chi connectivity index (χ4v) is 3.10. The van der Waals surface area contributed by atoms with Gasteiger partial charge in [-0.1, -0.05) is 68.3 Å². The number of Topliss-reactive ketones (excluding diaryl/α,β-unsaturated/α-hetero) is 2. The molecule has 2 aromatic rings. The zero-order chi connectivity index (χ0) is 18.8. The molecule has 0 aliphatic rings. The van der Waals surface area contributed by atoms with Crippen molar-refractivity contribution in [3.63, 3.8) is 0 Å². The third-order valence-electron chi connectivity index (χ3n) is 4.82. The van der Waals surface area contributed by atoms with Gasteiger partial charge in [-0.05, 0) is 50.2 Å². The van der Waals surface area contributed by atoms with Gasteiger partial charge in [-0.3, -0.25) is 9.59 Å². The van der Waals surface area contributed by atoms with E-state index < -0.39 is 0 Å². The van der Waals surface area contributed by atoms with Crippen molar-refractivity contribution < 1.29 is 9.59 Å². The largest absolute Gasteiger partial charge is 0.295 e. The topological polar surface area (TPSA) is 34.1 Å². The number of hydrogen-bond acceptors (Lipinski definition) is 2. The minimum atomic E-state index is 0.0281. The molecule has 0 heterocycles. The average Bonchev–Trinajstić information content (AvgIpc) is 2.66. The molecule has 2 rings (SSSR count). The molecular formula is C24H30O2. The number of rotatable bonds is 11. The van der Waals surface area contributed by atoms with Crippen LogP contribution in [0.5, 0.6) is 0 Å². The molecular weight excluding hydrogens is 320 g/mol. The summed E-state index contributed by atoms with van der Waals surface area (Å²) < 4.78 is 0. The van der Waals surface area contributed by atoms with Gasteiger partial charge in [0.1, 0.15) is 0 Å². The van der Waals surface area contributed by atoms with Gasteiger partial charge in [-0.25, -0.2) is 0 Å². The molecule has 0 aromatic heterocycles. The van der Waals surface area contributed by atoms with Crippen LogP contribution in [0.3, 0.4) is 0 Å². The summed E-state index contributed by atoms with van der Waals surface area (Å²) in [4.78, 5) is 23.5. The first-order valence-corrected chi connectivity index (χ1v) is 9.82. The average molecular weight is 351 g/mol. The van der Waals surface area contributed by atoms with Gasteiger partial charge in [0.2, 0.25) is 0 Å². The van der Waals surface area contributed by atoms with E-state index in [1.807, 2.05) is 0 Å². The smallest absolute Gasteiger partial charge is 0.162 e. The first-order valence-electron chi connectivity index (χ1n) is 9.82. The van der Waals surface area contributed by atoms with E-state index in [0.29, 0.717) is 17.5 Å². The summed E-state index contributed by atoms with van der Waals surface area (Å²) in [6, 6.07) is 15.9. The predicted molar refractivity (Wildman–Crippen MR) is 108 cm³/mol. The van der Waals surface area contributed by atoms with E-state index in [1.165, 1.54) is 43.7 Å². The molecule has 0 aliphatic heterocycles. The highest BCUT2D eigenvalue weighted by Crippen LogP contribution is 2.14. The molecule has 0 aliphatic carbocycles. The number of hydrogen-bond donors (Lipinski definition) is 0. The van der Waals surface area contributed by atoms with E-state index in [2.05, 4.69) is 31.2 Å². The summed E-state index contributed by atoms with van der Waals surface area (Å²) in [5.74, 6) is 0.187. The second kappa shape index (κ2) is 10.7. The van der Waals surface area contributed by atoms with Crippen LogP contribution in [-0.4, -0.2) is 11.6 Å². The van der Waals surface area contributed by atoms with Gasteiger partial charge in [-0.15, -0.1) is 0 Å². The van der Waals surface area contributed by atoms with Crippen LogP contribution in [0.4, 0.5) is 0 Å². The Morgan fingerprint density at radius 3 is 1.69 bits per heavy atom. The normalized spacial score (nSPS) is 10.7. The molecule has 26 heavy (non-hydrogen) atoms. The molecule has 0 fully saturated rings. The van der Waals surface area contributed by atoms with Crippen LogP contribution >= 0.6 is 0 Å². The lowest BCUT2D eigenvalue weighted by atomic mass is 10.00. The predicted octanol–water partition coefficient (Wildman–Crippen LogP) is 6.22. The van der Waals surface area contributed by atoms with Crippen LogP contribution in [0.1, 0.15) is 84.2 Å². The Hall–Kier alpha value is -2.22. The first kappa shape index (κ1) is 20.1. The quantitative estimate of drug-likeness (QED) is 0.356. The van der Waals surface area contributed by atoms with Crippen molar-refractivity contribution in [3.05, 3.63) is 70.8 Å². The third kappa shape index (κ3) is 6.59. The molecule has 0 saturated carbocycles. The monoisotopic (exact) mass is 350 g/mol. The second-order valence-corrected chi connectivity index (χ2v) is 7.04. The maximum Gasteiger partial charge on any atom is 0.162 e. The Labute approximate surface area is 157 Å². The van der Waals surface area contributed by atoms with Crippen molar-refractivity contribution in [1.82, 2.24) is 0 Å². The van der Waals surface area contributed by atoms with Crippen molar-refractivity contribution >= 4 is 11.6 Å². The van der Waals surface area contributed by atoms with E-state index in [1.54, 1.807) is 24.3 Å². The molecule has 138 valence electrons. The SMILES string of the molecule is CCCCCc1ccc(CCCCC(=O)c2ccc(C(C)=O)cc2)cc1. The highest BCUT2D eigenvalue weighted by atomic mass is 16.1. The molecule has 0 spiro atoms. The van der Waals surface area contributed by atoms with E-state index in [4.69, 9.17) is 0 Å². The standard InChI is InChI=1S/C24H30O2/c1-3-4-5-8-20-11-13-21(14-12-20)9-6-7-10-24(26)23-17-15-22(16-18-23)19(2)25/h11-18H,3-10H2,1-2H3. The maximum absolute atomic E-state index is 12.2. The van der Waals surface area contributed by atoms with Crippen molar-refractivity contribution in [1.29, 1.82) is 0 Å². The van der Waals surface area contributed by atoms with Crippen LogP contribution in [0, 0.1) is 0 Å². The molecule has 0 radical (unpaired) electrons. The molecule has 0 N–H and O–H groups in total. The molecule has 0 atom stereocenters. The molecule has 2 nitrogen and oxygen atoms in total. The van der Waals surface area contributed by atoms with Gasteiger partial charge in [0.25, 0.3) is 0 Å². The van der Waals surface area contributed by atoms with Crippen molar-refractivity contribution in [2.45, 2.75) is 65.2 Å². The van der Waals surface area contributed by atoms with E-state index >= 15 is 0 Å².